The number of para-hydroxylation sites is 3. The number of carbonyl (C=O) groups is 1. The Labute approximate surface area is 132 Å². The third-order valence-corrected chi connectivity index (χ3v) is 3.58. The van der Waals surface area contributed by atoms with E-state index in [-0.39, 0.29) is 5.91 Å². The minimum atomic E-state index is -0.255. The molecule has 112 valence electrons. The zero-order valence-corrected chi connectivity index (χ0v) is 12.1. The first-order valence-corrected chi connectivity index (χ1v) is 7.14. The van der Waals surface area contributed by atoms with Crippen molar-refractivity contribution in [3.05, 3.63) is 79.1 Å². The predicted octanol–water partition coefficient (Wildman–Crippen LogP) is 2.61. The van der Waals surface area contributed by atoms with E-state index >= 15 is 0 Å². The Morgan fingerprint density at radius 3 is 2.61 bits per heavy atom. The fourth-order valence-electron chi connectivity index (χ4n) is 2.47. The third kappa shape index (κ3) is 2.36. The molecule has 2 aromatic carbocycles. The number of hydrogen-bond donors (Lipinski definition) is 1. The molecule has 0 aliphatic heterocycles. The van der Waals surface area contributed by atoms with E-state index in [4.69, 9.17) is 0 Å². The second-order valence-corrected chi connectivity index (χ2v) is 5.03. The summed E-state index contributed by atoms with van der Waals surface area (Å²) in [7, 11) is 0. The maximum absolute atomic E-state index is 12.6. The molecule has 2 aromatic heterocycles. The van der Waals surface area contributed by atoms with Crippen LogP contribution in [0.2, 0.25) is 0 Å². The Morgan fingerprint density at radius 2 is 1.74 bits per heavy atom. The van der Waals surface area contributed by atoms with E-state index in [1.165, 1.54) is 0 Å². The molecule has 0 aliphatic carbocycles. The van der Waals surface area contributed by atoms with Gasteiger partial charge in [0.15, 0.2) is 0 Å². The van der Waals surface area contributed by atoms with Gasteiger partial charge in [0.2, 0.25) is 0 Å². The number of nitrogens with zero attached hydrogens (tertiary/aromatic N) is 4. The third-order valence-electron chi connectivity index (χ3n) is 3.58. The first-order valence-electron chi connectivity index (χ1n) is 7.14. The van der Waals surface area contributed by atoms with Crippen molar-refractivity contribution in [2.45, 2.75) is 0 Å². The molecule has 0 saturated carbocycles. The Hall–Kier alpha value is -3.41. The molecule has 0 radical (unpaired) electrons. The molecule has 6 heteroatoms. The molecule has 4 rings (SSSR count). The van der Waals surface area contributed by atoms with Gasteiger partial charge in [0.05, 0.1) is 23.6 Å². The van der Waals surface area contributed by atoms with Gasteiger partial charge in [-0.2, -0.15) is 0 Å². The van der Waals surface area contributed by atoms with E-state index in [2.05, 4.69) is 15.4 Å². The number of aromatic nitrogens is 4. The van der Waals surface area contributed by atoms with Gasteiger partial charge in [-0.3, -0.25) is 14.8 Å². The number of nitrogens with one attached hydrogen (secondary N) is 1. The van der Waals surface area contributed by atoms with Crippen LogP contribution >= 0.6 is 0 Å². The molecule has 0 unspecified atom stereocenters. The van der Waals surface area contributed by atoms with E-state index in [1.807, 2.05) is 54.6 Å². The van der Waals surface area contributed by atoms with Crippen molar-refractivity contribution in [2.75, 3.05) is 5.43 Å². The quantitative estimate of drug-likeness (QED) is 0.632. The number of carbonyl (C=O) groups excluding carboxylic acids is 1. The fraction of sp³-hybridized carbons (Fsp3) is 0. The van der Waals surface area contributed by atoms with Crippen molar-refractivity contribution in [1.82, 2.24) is 19.2 Å². The van der Waals surface area contributed by atoms with Crippen LogP contribution in [0, 0.1) is 0 Å². The van der Waals surface area contributed by atoms with Crippen molar-refractivity contribution in [1.29, 1.82) is 0 Å². The molecule has 1 N–H and O–H groups in total. The Balaban J connectivity index is 1.67. The molecule has 0 bridgehead atoms. The van der Waals surface area contributed by atoms with E-state index in [0.29, 0.717) is 5.69 Å². The summed E-state index contributed by atoms with van der Waals surface area (Å²) in [6.07, 6.45) is 4.75. The highest BCUT2D eigenvalue weighted by Crippen LogP contribution is 2.13. The van der Waals surface area contributed by atoms with Gasteiger partial charge in [0.1, 0.15) is 12.0 Å². The zero-order chi connectivity index (χ0) is 15.6. The van der Waals surface area contributed by atoms with Gasteiger partial charge in [0, 0.05) is 5.69 Å². The van der Waals surface area contributed by atoms with Gasteiger partial charge in [0.25, 0.3) is 5.91 Å². The Morgan fingerprint density at radius 1 is 0.957 bits per heavy atom. The fourth-order valence-corrected chi connectivity index (χ4v) is 2.47. The number of rotatable bonds is 3. The van der Waals surface area contributed by atoms with Gasteiger partial charge in [-0.25, -0.2) is 14.6 Å². The SMILES string of the molecule is O=C(Nn1cnc2ccccc21)c1cncn1-c1ccccc1. The van der Waals surface area contributed by atoms with Crippen molar-refractivity contribution in [2.24, 2.45) is 0 Å². The van der Waals surface area contributed by atoms with Crippen molar-refractivity contribution >= 4 is 16.9 Å². The number of benzene rings is 2. The molecule has 1 amide bonds. The molecule has 0 fully saturated rings. The second-order valence-electron chi connectivity index (χ2n) is 5.03. The molecule has 0 spiro atoms. The van der Waals surface area contributed by atoms with E-state index < -0.39 is 0 Å². The van der Waals surface area contributed by atoms with Gasteiger partial charge in [-0.05, 0) is 24.3 Å². The van der Waals surface area contributed by atoms with Crippen molar-refractivity contribution < 1.29 is 4.79 Å². The topological polar surface area (TPSA) is 64.7 Å². The number of imidazole rings is 2. The maximum atomic E-state index is 12.6. The number of hydrogen-bond acceptors (Lipinski definition) is 3. The Bertz CT molecular complexity index is 971. The molecular weight excluding hydrogens is 290 g/mol. The molecule has 0 atom stereocenters. The largest absolute Gasteiger partial charge is 0.295 e. The van der Waals surface area contributed by atoms with Gasteiger partial charge >= 0.3 is 0 Å². The van der Waals surface area contributed by atoms with Gasteiger partial charge < -0.3 is 0 Å². The number of amides is 1. The van der Waals surface area contributed by atoms with Crippen LogP contribution in [-0.2, 0) is 0 Å². The average molecular weight is 303 g/mol. The van der Waals surface area contributed by atoms with Crippen LogP contribution in [0.5, 0.6) is 0 Å². The number of fused-ring (bicyclic) bond motifs is 1. The highest BCUT2D eigenvalue weighted by molar-refractivity contribution is 5.99. The zero-order valence-electron chi connectivity index (χ0n) is 12.1. The lowest BCUT2D eigenvalue weighted by atomic mass is 10.3. The molecular formula is C17H13N5O. The first-order chi connectivity index (χ1) is 11.3. The minimum absolute atomic E-state index is 0.255. The highest BCUT2D eigenvalue weighted by atomic mass is 16.2. The summed E-state index contributed by atoms with van der Waals surface area (Å²) < 4.78 is 3.36. The molecule has 23 heavy (non-hydrogen) atoms. The molecule has 0 saturated heterocycles. The van der Waals surface area contributed by atoms with Crippen molar-refractivity contribution in [3.8, 4) is 5.69 Å². The predicted molar refractivity (Wildman–Crippen MR) is 87.0 cm³/mol. The molecule has 2 heterocycles. The minimum Gasteiger partial charge on any atom is -0.295 e. The lowest BCUT2D eigenvalue weighted by Gasteiger charge is -2.09. The van der Waals surface area contributed by atoms with Crippen LogP contribution < -0.4 is 5.43 Å². The van der Waals surface area contributed by atoms with Crippen LogP contribution in [0.25, 0.3) is 16.7 Å². The average Bonchev–Trinajstić information content (AvgIpc) is 3.23. The Kier molecular flexibility index (Phi) is 3.12. The smallest absolute Gasteiger partial charge is 0.288 e. The first kappa shape index (κ1) is 13.3. The van der Waals surface area contributed by atoms with Crippen LogP contribution in [-0.4, -0.2) is 25.1 Å². The lowest BCUT2D eigenvalue weighted by Crippen LogP contribution is -2.24. The van der Waals surface area contributed by atoms with Crippen LogP contribution in [0.15, 0.2) is 73.4 Å². The van der Waals surface area contributed by atoms with Gasteiger partial charge in [-0.15, -0.1) is 0 Å². The van der Waals surface area contributed by atoms with E-state index in [0.717, 1.165) is 16.7 Å². The summed E-state index contributed by atoms with van der Waals surface area (Å²) in [5.74, 6) is -0.255. The summed E-state index contributed by atoms with van der Waals surface area (Å²) >= 11 is 0. The van der Waals surface area contributed by atoms with E-state index in [1.54, 1.807) is 28.1 Å². The summed E-state index contributed by atoms with van der Waals surface area (Å²) in [5.41, 5.74) is 5.83. The standard InChI is InChI=1S/C17H13N5O/c23-17(20-22-12-19-14-8-4-5-9-15(14)22)16-10-18-11-21(16)13-6-2-1-3-7-13/h1-12H,(H,20,23). The van der Waals surface area contributed by atoms with Gasteiger partial charge in [-0.1, -0.05) is 30.3 Å². The summed E-state index contributed by atoms with van der Waals surface area (Å²) in [6, 6.07) is 17.2. The normalized spacial score (nSPS) is 10.8. The highest BCUT2D eigenvalue weighted by Gasteiger charge is 2.14. The lowest BCUT2D eigenvalue weighted by molar-refractivity contribution is 0.100. The summed E-state index contributed by atoms with van der Waals surface area (Å²) in [6.45, 7) is 0. The molecule has 6 nitrogen and oxygen atoms in total. The van der Waals surface area contributed by atoms with Crippen LogP contribution in [0.4, 0.5) is 0 Å². The maximum Gasteiger partial charge on any atom is 0.288 e. The van der Waals surface area contributed by atoms with Crippen LogP contribution in [0.3, 0.4) is 0 Å². The van der Waals surface area contributed by atoms with Crippen molar-refractivity contribution in [3.63, 3.8) is 0 Å². The van der Waals surface area contributed by atoms with Crippen LogP contribution in [0.1, 0.15) is 10.5 Å². The second kappa shape index (κ2) is 5.42. The molecule has 4 aromatic rings. The summed E-state index contributed by atoms with van der Waals surface area (Å²) in [4.78, 5) is 20.9. The monoisotopic (exact) mass is 303 g/mol. The van der Waals surface area contributed by atoms with E-state index in [9.17, 15) is 4.79 Å². The summed E-state index contributed by atoms with van der Waals surface area (Å²) in [5, 5.41) is 0. The molecule has 0 aliphatic rings.